The average Bonchev–Trinajstić information content (AvgIpc) is 2.84. The molecule has 0 aliphatic heterocycles. The number of aliphatic hydroxyl groups is 1. The lowest BCUT2D eigenvalue weighted by Crippen LogP contribution is -2.16. The highest BCUT2D eigenvalue weighted by Gasteiger charge is 2.56. The standard InChI is InChI=1S/C15H19NO2/c1-9(17)10-4-2-5-11(8-10)16-15(18)14-12-6-3-7-13(12)14/h2,4-5,8-9,12-14,17H,3,6-7H2,1H3,(H,16,18). The summed E-state index contributed by atoms with van der Waals surface area (Å²) in [5.41, 5.74) is 1.63. The second-order valence-corrected chi connectivity index (χ2v) is 5.58. The molecular weight excluding hydrogens is 226 g/mol. The monoisotopic (exact) mass is 245 g/mol. The molecule has 18 heavy (non-hydrogen) atoms. The van der Waals surface area contributed by atoms with Crippen LogP contribution in [-0.4, -0.2) is 11.0 Å². The van der Waals surface area contributed by atoms with Gasteiger partial charge in [-0.3, -0.25) is 4.79 Å². The van der Waals surface area contributed by atoms with Crippen molar-refractivity contribution in [1.29, 1.82) is 0 Å². The summed E-state index contributed by atoms with van der Waals surface area (Å²) in [5.74, 6) is 1.69. The van der Waals surface area contributed by atoms with Crippen LogP contribution in [-0.2, 0) is 4.79 Å². The topological polar surface area (TPSA) is 49.3 Å². The van der Waals surface area contributed by atoms with Gasteiger partial charge in [-0.15, -0.1) is 0 Å². The normalized spacial score (nSPS) is 30.7. The average molecular weight is 245 g/mol. The van der Waals surface area contributed by atoms with Crippen LogP contribution < -0.4 is 5.32 Å². The van der Waals surface area contributed by atoms with Crippen molar-refractivity contribution in [2.24, 2.45) is 17.8 Å². The Morgan fingerprint density at radius 1 is 1.39 bits per heavy atom. The van der Waals surface area contributed by atoms with Gasteiger partial charge in [-0.25, -0.2) is 0 Å². The Morgan fingerprint density at radius 3 is 2.78 bits per heavy atom. The Morgan fingerprint density at radius 2 is 2.11 bits per heavy atom. The molecule has 0 bridgehead atoms. The summed E-state index contributed by atoms with van der Waals surface area (Å²) in [7, 11) is 0. The number of hydrogen-bond acceptors (Lipinski definition) is 2. The summed E-state index contributed by atoms with van der Waals surface area (Å²) in [6.45, 7) is 1.73. The lowest BCUT2D eigenvalue weighted by molar-refractivity contribution is -0.118. The van der Waals surface area contributed by atoms with E-state index >= 15 is 0 Å². The molecule has 2 fully saturated rings. The van der Waals surface area contributed by atoms with Crippen LogP contribution in [0.2, 0.25) is 0 Å². The molecule has 0 saturated heterocycles. The first-order chi connectivity index (χ1) is 8.66. The lowest BCUT2D eigenvalue weighted by Gasteiger charge is -2.09. The molecule has 1 aromatic carbocycles. The second-order valence-electron chi connectivity index (χ2n) is 5.58. The first kappa shape index (κ1) is 11.7. The van der Waals surface area contributed by atoms with Gasteiger partial charge in [0, 0.05) is 11.6 Å². The fourth-order valence-electron chi connectivity index (χ4n) is 3.31. The molecule has 1 aromatic rings. The molecular formula is C15H19NO2. The van der Waals surface area contributed by atoms with Crippen molar-refractivity contribution >= 4 is 11.6 Å². The second kappa shape index (κ2) is 4.39. The Kier molecular flexibility index (Phi) is 2.86. The SMILES string of the molecule is CC(O)c1cccc(NC(=O)C2C3CCCC32)c1. The summed E-state index contributed by atoms with van der Waals surface area (Å²) >= 11 is 0. The zero-order valence-corrected chi connectivity index (χ0v) is 10.6. The number of carbonyl (C=O) groups excluding carboxylic acids is 1. The number of benzene rings is 1. The number of hydrogen-bond donors (Lipinski definition) is 2. The van der Waals surface area contributed by atoms with Gasteiger partial charge in [0.1, 0.15) is 0 Å². The molecule has 0 radical (unpaired) electrons. The number of aliphatic hydroxyl groups excluding tert-OH is 1. The third-order valence-electron chi connectivity index (χ3n) is 4.35. The Hall–Kier alpha value is -1.35. The van der Waals surface area contributed by atoms with E-state index in [9.17, 15) is 9.90 Å². The van der Waals surface area contributed by atoms with E-state index in [0.717, 1.165) is 11.3 Å². The summed E-state index contributed by atoms with van der Waals surface area (Å²) in [6.07, 6.45) is 3.23. The Labute approximate surface area is 107 Å². The molecule has 3 atom stereocenters. The van der Waals surface area contributed by atoms with Crippen LogP contribution in [0.4, 0.5) is 5.69 Å². The van der Waals surface area contributed by atoms with Gasteiger partial charge in [0.15, 0.2) is 0 Å². The van der Waals surface area contributed by atoms with Crippen molar-refractivity contribution in [1.82, 2.24) is 0 Å². The molecule has 1 amide bonds. The van der Waals surface area contributed by atoms with Crippen molar-refractivity contribution in [3.05, 3.63) is 29.8 Å². The van der Waals surface area contributed by atoms with E-state index in [1.54, 1.807) is 6.92 Å². The molecule has 3 nitrogen and oxygen atoms in total. The maximum Gasteiger partial charge on any atom is 0.228 e. The smallest absolute Gasteiger partial charge is 0.228 e. The molecule has 3 heteroatoms. The molecule has 2 aliphatic rings. The molecule has 96 valence electrons. The quantitative estimate of drug-likeness (QED) is 0.860. The van der Waals surface area contributed by atoms with Crippen molar-refractivity contribution in [2.75, 3.05) is 5.32 Å². The van der Waals surface area contributed by atoms with E-state index in [2.05, 4.69) is 5.32 Å². The number of amides is 1. The van der Waals surface area contributed by atoms with E-state index in [0.29, 0.717) is 11.8 Å². The highest BCUT2D eigenvalue weighted by Crippen LogP contribution is 2.57. The summed E-state index contributed by atoms with van der Waals surface area (Å²) in [4.78, 5) is 12.1. The van der Waals surface area contributed by atoms with Crippen LogP contribution in [0.3, 0.4) is 0 Å². The molecule has 2 aliphatic carbocycles. The van der Waals surface area contributed by atoms with Crippen LogP contribution in [0.5, 0.6) is 0 Å². The number of carbonyl (C=O) groups is 1. The molecule has 3 unspecified atom stereocenters. The van der Waals surface area contributed by atoms with Crippen molar-refractivity contribution in [3.8, 4) is 0 Å². The zero-order valence-electron chi connectivity index (χ0n) is 10.6. The third-order valence-corrected chi connectivity index (χ3v) is 4.35. The molecule has 0 spiro atoms. The minimum absolute atomic E-state index is 0.160. The molecule has 3 rings (SSSR count). The minimum Gasteiger partial charge on any atom is -0.389 e. The molecule has 2 N–H and O–H groups in total. The number of anilines is 1. The van der Waals surface area contributed by atoms with Gasteiger partial charge in [-0.05, 0) is 49.3 Å². The van der Waals surface area contributed by atoms with Gasteiger partial charge >= 0.3 is 0 Å². The highest BCUT2D eigenvalue weighted by atomic mass is 16.3. The van der Waals surface area contributed by atoms with Crippen LogP contribution in [0.1, 0.15) is 37.9 Å². The van der Waals surface area contributed by atoms with E-state index in [4.69, 9.17) is 0 Å². The fraction of sp³-hybridized carbons (Fsp3) is 0.533. The predicted molar refractivity (Wildman–Crippen MR) is 70.0 cm³/mol. The van der Waals surface area contributed by atoms with E-state index < -0.39 is 6.10 Å². The van der Waals surface area contributed by atoms with Crippen molar-refractivity contribution in [3.63, 3.8) is 0 Å². The van der Waals surface area contributed by atoms with Crippen LogP contribution in [0.15, 0.2) is 24.3 Å². The summed E-state index contributed by atoms with van der Waals surface area (Å²) < 4.78 is 0. The largest absolute Gasteiger partial charge is 0.389 e. The maximum absolute atomic E-state index is 12.1. The first-order valence-corrected chi connectivity index (χ1v) is 6.75. The van der Waals surface area contributed by atoms with Crippen LogP contribution >= 0.6 is 0 Å². The lowest BCUT2D eigenvalue weighted by atomic mass is 10.1. The first-order valence-electron chi connectivity index (χ1n) is 6.75. The number of fused-ring (bicyclic) bond motifs is 1. The Bertz CT molecular complexity index is 459. The van der Waals surface area contributed by atoms with Gasteiger partial charge in [0.05, 0.1) is 6.10 Å². The van der Waals surface area contributed by atoms with Crippen molar-refractivity contribution in [2.45, 2.75) is 32.3 Å². The summed E-state index contributed by atoms with van der Waals surface area (Å²) in [5, 5.41) is 12.5. The molecule has 0 aromatic heterocycles. The fourth-order valence-corrected chi connectivity index (χ4v) is 3.31. The van der Waals surface area contributed by atoms with E-state index in [1.165, 1.54) is 19.3 Å². The molecule has 2 saturated carbocycles. The van der Waals surface area contributed by atoms with Gasteiger partial charge in [0.25, 0.3) is 0 Å². The molecule has 0 heterocycles. The highest BCUT2D eigenvalue weighted by molar-refractivity contribution is 5.95. The Balaban J connectivity index is 1.66. The van der Waals surface area contributed by atoms with Gasteiger partial charge in [0.2, 0.25) is 5.91 Å². The summed E-state index contributed by atoms with van der Waals surface area (Å²) in [6, 6.07) is 7.46. The maximum atomic E-state index is 12.1. The third kappa shape index (κ3) is 2.03. The van der Waals surface area contributed by atoms with Gasteiger partial charge in [-0.1, -0.05) is 18.6 Å². The predicted octanol–water partition coefficient (Wildman–Crippen LogP) is 2.72. The number of nitrogens with one attached hydrogen (secondary N) is 1. The van der Waals surface area contributed by atoms with Crippen molar-refractivity contribution < 1.29 is 9.90 Å². The van der Waals surface area contributed by atoms with E-state index in [1.807, 2.05) is 24.3 Å². The van der Waals surface area contributed by atoms with Gasteiger partial charge in [-0.2, -0.15) is 0 Å². The van der Waals surface area contributed by atoms with E-state index in [-0.39, 0.29) is 11.8 Å². The van der Waals surface area contributed by atoms with Gasteiger partial charge < -0.3 is 10.4 Å². The van der Waals surface area contributed by atoms with Crippen LogP contribution in [0, 0.1) is 17.8 Å². The zero-order chi connectivity index (χ0) is 12.7. The minimum atomic E-state index is -0.498. The number of rotatable bonds is 3. The van der Waals surface area contributed by atoms with Crippen LogP contribution in [0.25, 0.3) is 0 Å².